The number of carbonyl (C=O) groups is 1. The standard InChI is InChI=1S/C20H23N7O/c1-13(20(28)26(2)3)23-10-16(9-21)15-8-19-24-12-18(27(19)25-11-15)14-5-4-6-17(22)7-14/h4-13,21,23H,22H2,1-3H3/b16-10+,21-9?. The highest BCUT2D eigenvalue weighted by molar-refractivity contribution is 6.08. The number of nitrogens with two attached hydrogens (primary N) is 1. The van der Waals surface area contributed by atoms with Crippen molar-refractivity contribution in [3.63, 3.8) is 0 Å². The number of rotatable bonds is 6. The molecular formula is C20H23N7O. The number of carbonyl (C=O) groups excluding carboxylic acids is 1. The maximum Gasteiger partial charge on any atom is 0.244 e. The highest BCUT2D eigenvalue weighted by Crippen LogP contribution is 2.23. The lowest BCUT2D eigenvalue weighted by molar-refractivity contribution is -0.130. The molecule has 2 heterocycles. The second-order valence-electron chi connectivity index (χ2n) is 6.65. The van der Waals surface area contributed by atoms with Gasteiger partial charge in [-0.15, -0.1) is 0 Å². The lowest BCUT2D eigenvalue weighted by atomic mass is 10.1. The SMILES string of the molecule is CC(N/C=C(\C=N)c1cnn2c(-c3cccc(N)c3)cnc2c1)C(=O)N(C)C. The molecule has 0 fully saturated rings. The Morgan fingerprint density at radius 1 is 1.32 bits per heavy atom. The third-order valence-corrected chi connectivity index (χ3v) is 4.33. The maximum absolute atomic E-state index is 12.0. The summed E-state index contributed by atoms with van der Waals surface area (Å²) >= 11 is 0. The zero-order chi connectivity index (χ0) is 20.3. The van der Waals surface area contributed by atoms with Crippen molar-refractivity contribution in [2.45, 2.75) is 13.0 Å². The molecule has 4 N–H and O–H groups in total. The molecule has 1 aromatic carbocycles. The number of likely N-dealkylation sites (N-methyl/N-ethyl adjacent to an activating group) is 1. The molecule has 0 aliphatic heterocycles. The molecule has 2 aromatic heterocycles. The number of nitrogens with one attached hydrogen (secondary N) is 2. The molecule has 0 saturated carbocycles. The van der Waals surface area contributed by atoms with E-state index in [1.54, 1.807) is 44.1 Å². The van der Waals surface area contributed by atoms with E-state index >= 15 is 0 Å². The minimum absolute atomic E-state index is 0.0470. The summed E-state index contributed by atoms with van der Waals surface area (Å²) in [6.07, 6.45) is 6.27. The zero-order valence-electron chi connectivity index (χ0n) is 16.0. The minimum atomic E-state index is -0.400. The largest absolute Gasteiger partial charge is 0.399 e. The fourth-order valence-corrected chi connectivity index (χ4v) is 2.81. The van der Waals surface area contributed by atoms with E-state index < -0.39 is 6.04 Å². The first-order valence-electron chi connectivity index (χ1n) is 8.78. The molecule has 1 amide bonds. The summed E-state index contributed by atoms with van der Waals surface area (Å²) in [5.74, 6) is -0.0470. The Balaban J connectivity index is 1.90. The summed E-state index contributed by atoms with van der Waals surface area (Å²) < 4.78 is 1.73. The monoisotopic (exact) mass is 377 g/mol. The molecule has 144 valence electrons. The summed E-state index contributed by atoms with van der Waals surface area (Å²) in [6, 6.07) is 8.98. The van der Waals surface area contributed by atoms with Crippen LogP contribution in [0.2, 0.25) is 0 Å². The van der Waals surface area contributed by atoms with Crippen molar-refractivity contribution < 1.29 is 4.79 Å². The van der Waals surface area contributed by atoms with Crippen LogP contribution in [0, 0.1) is 5.41 Å². The normalized spacial score (nSPS) is 12.6. The maximum atomic E-state index is 12.0. The predicted octanol–water partition coefficient (Wildman–Crippen LogP) is 2.04. The summed E-state index contributed by atoms with van der Waals surface area (Å²) in [5.41, 5.74) is 10.3. The molecule has 3 rings (SSSR count). The Morgan fingerprint density at radius 3 is 2.79 bits per heavy atom. The molecule has 1 unspecified atom stereocenters. The Bertz CT molecular complexity index is 1050. The van der Waals surface area contributed by atoms with E-state index in [4.69, 9.17) is 11.1 Å². The highest BCUT2D eigenvalue weighted by Gasteiger charge is 2.14. The van der Waals surface area contributed by atoms with Crippen LogP contribution in [0.15, 0.2) is 48.9 Å². The Hall–Kier alpha value is -3.68. The second-order valence-corrected chi connectivity index (χ2v) is 6.65. The summed E-state index contributed by atoms with van der Waals surface area (Å²) in [6.45, 7) is 1.77. The van der Waals surface area contributed by atoms with Crippen molar-refractivity contribution in [3.05, 3.63) is 54.5 Å². The number of imidazole rings is 1. The number of benzene rings is 1. The van der Waals surface area contributed by atoms with E-state index in [1.807, 2.05) is 30.3 Å². The molecule has 8 heteroatoms. The van der Waals surface area contributed by atoms with Crippen LogP contribution in [0.4, 0.5) is 5.69 Å². The fourth-order valence-electron chi connectivity index (χ4n) is 2.81. The fraction of sp³-hybridized carbons (Fsp3) is 0.200. The second kappa shape index (κ2) is 7.91. The third-order valence-electron chi connectivity index (χ3n) is 4.33. The van der Waals surface area contributed by atoms with Crippen LogP contribution in [-0.2, 0) is 4.79 Å². The number of hydrogen-bond donors (Lipinski definition) is 3. The topological polar surface area (TPSA) is 112 Å². The van der Waals surface area contributed by atoms with Gasteiger partial charge in [0.25, 0.3) is 0 Å². The molecule has 0 bridgehead atoms. The van der Waals surface area contributed by atoms with Crippen molar-refractivity contribution in [1.82, 2.24) is 24.8 Å². The number of hydrogen-bond acceptors (Lipinski definition) is 6. The molecule has 0 aliphatic rings. The van der Waals surface area contributed by atoms with Gasteiger partial charge in [0.2, 0.25) is 5.91 Å². The molecular weight excluding hydrogens is 354 g/mol. The van der Waals surface area contributed by atoms with E-state index in [9.17, 15) is 4.79 Å². The number of nitrogens with zero attached hydrogens (tertiary/aromatic N) is 4. The number of allylic oxidation sites excluding steroid dienone is 1. The molecule has 8 nitrogen and oxygen atoms in total. The van der Waals surface area contributed by atoms with Crippen molar-refractivity contribution >= 4 is 29.0 Å². The van der Waals surface area contributed by atoms with Gasteiger partial charge in [-0.2, -0.15) is 5.10 Å². The van der Waals surface area contributed by atoms with Crippen LogP contribution in [-0.4, -0.2) is 51.8 Å². The Morgan fingerprint density at radius 2 is 2.11 bits per heavy atom. The van der Waals surface area contributed by atoms with E-state index in [1.165, 1.54) is 11.1 Å². The van der Waals surface area contributed by atoms with Gasteiger partial charge in [0, 0.05) is 48.9 Å². The van der Waals surface area contributed by atoms with Crippen LogP contribution in [0.3, 0.4) is 0 Å². The third kappa shape index (κ3) is 3.85. The quantitative estimate of drug-likeness (QED) is 0.449. The number of amides is 1. The number of aromatic nitrogens is 3. The van der Waals surface area contributed by atoms with Gasteiger partial charge in [0.05, 0.1) is 18.1 Å². The van der Waals surface area contributed by atoms with E-state index in [2.05, 4.69) is 15.4 Å². The number of anilines is 1. The minimum Gasteiger partial charge on any atom is -0.399 e. The van der Waals surface area contributed by atoms with Gasteiger partial charge in [-0.05, 0) is 25.1 Å². The smallest absolute Gasteiger partial charge is 0.244 e. The van der Waals surface area contributed by atoms with Crippen molar-refractivity contribution in [2.24, 2.45) is 0 Å². The Labute approximate surface area is 163 Å². The van der Waals surface area contributed by atoms with Crippen molar-refractivity contribution in [2.75, 3.05) is 19.8 Å². The van der Waals surface area contributed by atoms with E-state index in [0.29, 0.717) is 16.9 Å². The lowest BCUT2D eigenvalue weighted by Gasteiger charge is -2.17. The van der Waals surface area contributed by atoms with Gasteiger partial charge in [0.1, 0.15) is 6.04 Å². The van der Waals surface area contributed by atoms with Gasteiger partial charge in [0.15, 0.2) is 5.65 Å². The summed E-state index contributed by atoms with van der Waals surface area (Å²) in [5, 5.41) is 15.2. The molecule has 0 saturated heterocycles. The highest BCUT2D eigenvalue weighted by atomic mass is 16.2. The van der Waals surface area contributed by atoms with Gasteiger partial charge >= 0.3 is 0 Å². The zero-order valence-corrected chi connectivity index (χ0v) is 16.0. The summed E-state index contributed by atoms with van der Waals surface area (Å²) in [7, 11) is 3.41. The van der Waals surface area contributed by atoms with Crippen LogP contribution < -0.4 is 11.1 Å². The van der Waals surface area contributed by atoms with Gasteiger partial charge in [-0.25, -0.2) is 9.50 Å². The first kappa shape index (κ1) is 19.1. The van der Waals surface area contributed by atoms with Gasteiger partial charge < -0.3 is 21.4 Å². The van der Waals surface area contributed by atoms with Crippen LogP contribution in [0.5, 0.6) is 0 Å². The predicted molar refractivity (Wildman–Crippen MR) is 111 cm³/mol. The number of fused-ring (bicyclic) bond motifs is 1. The lowest BCUT2D eigenvalue weighted by Crippen LogP contribution is -2.39. The number of nitrogen functional groups attached to an aromatic ring is 1. The molecule has 0 aliphatic carbocycles. The molecule has 1 atom stereocenters. The Kier molecular flexibility index (Phi) is 5.39. The van der Waals surface area contributed by atoms with E-state index in [0.717, 1.165) is 16.8 Å². The molecule has 3 aromatic rings. The van der Waals surface area contributed by atoms with E-state index in [-0.39, 0.29) is 5.91 Å². The van der Waals surface area contributed by atoms with Crippen LogP contribution in [0.25, 0.3) is 22.5 Å². The average molecular weight is 377 g/mol. The van der Waals surface area contributed by atoms with Gasteiger partial charge in [-0.3, -0.25) is 4.79 Å². The first-order valence-corrected chi connectivity index (χ1v) is 8.78. The summed E-state index contributed by atoms with van der Waals surface area (Å²) in [4.78, 5) is 17.9. The van der Waals surface area contributed by atoms with Gasteiger partial charge in [-0.1, -0.05) is 12.1 Å². The van der Waals surface area contributed by atoms with Crippen molar-refractivity contribution in [1.29, 1.82) is 5.41 Å². The molecule has 28 heavy (non-hydrogen) atoms. The molecule has 0 spiro atoms. The average Bonchev–Trinajstić information content (AvgIpc) is 3.11. The first-order chi connectivity index (χ1) is 13.4. The molecule has 0 radical (unpaired) electrons. The van der Waals surface area contributed by atoms with Crippen LogP contribution >= 0.6 is 0 Å². The van der Waals surface area contributed by atoms with Crippen molar-refractivity contribution in [3.8, 4) is 11.3 Å². The van der Waals surface area contributed by atoms with Crippen LogP contribution in [0.1, 0.15) is 12.5 Å².